The zero-order valence-corrected chi connectivity index (χ0v) is 12.6. The fourth-order valence-corrected chi connectivity index (χ4v) is 1.72. The first-order chi connectivity index (χ1) is 10.6. The number of aromatic nitrogens is 3. The molecule has 0 saturated heterocycles. The van der Waals surface area contributed by atoms with Crippen LogP contribution in [0.4, 0.5) is 13.2 Å². The molecule has 0 aliphatic heterocycles. The van der Waals surface area contributed by atoms with Gasteiger partial charge in [0, 0.05) is 12.1 Å². The smallest absolute Gasteiger partial charge is 0.349 e. The summed E-state index contributed by atoms with van der Waals surface area (Å²) in [5, 5.41) is 9.93. The van der Waals surface area contributed by atoms with Crippen molar-refractivity contribution in [1.82, 2.24) is 20.3 Å². The summed E-state index contributed by atoms with van der Waals surface area (Å²) >= 11 is 0. The molecule has 124 valence electrons. The molecular formula is C14H16F3N5O. The Kier molecular flexibility index (Phi) is 4.42. The summed E-state index contributed by atoms with van der Waals surface area (Å²) in [6.07, 6.45) is -3.20. The first-order valence-electron chi connectivity index (χ1n) is 6.73. The first-order valence-corrected chi connectivity index (χ1v) is 6.73. The van der Waals surface area contributed by atoms with Crippen LogP contribution in [0.15, 0.2) is 30.5 Å². The molecule has 0 bridgehead atoms. The maximum Gasteiger partial charge on any atom is 0.416 e. The van der Waals surface area contributed by atoms with Gasteiger partial charge >= 0.3 is 6.18 Å². The van der Waals surface area contributed by atoms with Crippen LogP contribution in [-0.2, 0) is 6.18 Å². The fourth-order valence-electron chi connectivity index (χ4n) is 1.72. The molecule has 0 unspecified atom stereocenters. The molecule has 1 aromatic heterocycles. The summed E-state index contributed by atoms with van der Waals surface area (Å²) < 4.78 is 39.2. The monoisotopic (exact) mass is 327 g/mol. The van der Waals surface area contributed by atoms with E-state index in [4.69, 9.17) is 5.73 Å². The molecule has 0 spiro atoms. The van der Waals surface area contributed by atoms with Crippen LogP contribution in [0.2, 0.25) is 0 Å². The maximum atomic E-state index is 12.7. The van der Waals surface area contributed by atoms with Gasteiger partial charge in [-0.1, -0.05) is 11.3 Å². The first kappa shape index (κ1) is 16.9. The molecule has 23 heavy (non-hydrogen) atoms. The molecule has 1 amide bonds. The number of halogens is 3. The Labute approximate surface area is 130 Å². The van der Waals surface area contributed by atoms with E-state index in [2.05, 4.69) is 15.6 Å². The lowest BCUT2D eigenvalue weighted by Gasteiger charge is -2.18. The van der Waals surface area contributed by atoms with E-state index in [1.807, 2.05) is 0 Å². The Bertz CT molecular complexity index is 703. The van der Waals surface area contributed by atoms with Gasteiger partial charge in [-0.2, -0.15) is 13.2 Å². The number of nitrogens with one attached hydrogen (secondary N) is 1. The molecule has 0 radical (unpaired) electrons. The molecule has 0 fully saturated rings. The summed E-state index contributed by atoms with van der Waals surface area (Å²) in [7, 11) is 0. The minimum Gasteiger partial charge on any atom is -0.349 e. The van der Waals surface area contributed by atoms with Crippen molar-refractivity contribution < 1.29 is 18.0 Å². The topological polar surface area (TPSA) is 85.8 Å². The van der Waals surface area contributed by atoms with Crippen molar-refractivity contribution >= 4 is 5.91 Å². The highest BCUT2D eigenvalue weighted by atomic mass is 19.4. The number of alkyl halides is 3. The van der Waals surface area contributed by atoms with Crippen molar-refractivity contribution in [2.45, 2.75) is 25.6 Å². The molecule has 0 aliphatic carbocycles. The minimum atomic E-state index is -4.45. The van der Waals surface area contributed by atoms with Crippen LogP contribution in [-0.4, -0.2) is 33.0 Å². The highest BCUT2D eigenvalue weighted by molar-refractivity contribution is 5.91. The zero-order chi connectivity index (χ0) is 17.3. The SMILES string of the molecule is CC(C)(N)CNC(=O)c1cn(-c2cccc(C(F)(F)F)c2)nn1. The molecule has 1 aromatic carbocycles. The molecular weight excluding hydrogens is 311 g/mol. The van der Waals surface area contributed by atoms with E-state index >= 15 is 0 Å². The number of carbonyl (C=O) groups is 1. The van der Waals surface area contributed by atoms with Gasteiger partial charge in [0.25, 0.3) is 5.91 Å². The molecule has 2 rings (SSSR count). The molecule has 2 aromatic rings. The number of rotatable bonds is 4. The summed E-state index contributed by atoms with van der Waals surface area (Å²) in [4.78, 5) is 11.9. The molecule has 0 aliphatic rings. The average molecular weight is 327 g/mol. The van der Waals surface area contributed by atoms with Gasteiger partial charge in [0.05, 0.1) is 17.4 Å². The lowest BCUT2D eigenvalue weighted by Crippen LogP contribution is -2.45. The summed E-state index contributed by atoms with van der Waals surface area (Å²) in [6.45, 7) is 3.71. The molecule has 9 heteroatoms. The van der Waals surface area contributed by atoms with Crippen LogP contribution in [0.1, 0.15) is 29.9 Å². The van der Waals surface area contributed by atoms with Crippen LogP contribution in [0.3, 0.4) is 0 Å². The van der Waals surface area contributed by atoms with Gasteiger partial charge in [-0.05, 0) is 32.0 Å². The van der Waals surface area contributed by atoms with Gasteiger partial charge < -0.3 is 11.1 Å². The van der Waals surface area contributed by atoms with Crippen LogP contribution in [0.25, 0.3) is 5.69 Å². The van der Waals surface area contributed by atoms with Crippen LogP contribution in [0, 0.1) is 0 Å². The summed E-state index contributed by atoms with van der Waals surface area (Å²) in [6, 6.07) is 4.59. The van der Waals surface area contributed by atoms with Crippen molar-refractivity contribution in [3.8, 4) is 5.69 Å². The number of nitrogens with two attached hydrogens (primary N) is 1. The Balaban J connectivity index is 2.18. The molecule has 6 nitrogen and oxygen atoms in total. The van der Waals surface area contributed by atoms with Crippen LogP contribution in [0.5, 0.6) is 0 Å². The van der Waals surface area contributed by atoms with Crippen LogP contribution >= 0.6 is 0 Å². The third-order valence-electron chi connectivity index (χ3n) is 2.87. The lowest BCUT2D eigenvalue weighted by atomic mass is 10.1. The molecule has 1 heterocycles. The number of carbonyl (C=O) groups excluding carboxylic acids is 1. The van der Waals surface area contributed by atoms with Gasteiger partial charge in [0.2, 0.25) is 0 Å². The highest BCUT2D eigenvalue weighted by Crippen LogP contribution is 2.30. The van der Waals surface area contributed by atoms with E-state index in [9.17, 15) is 18.0 Å². The van der Waals surface area contributed by atoms with E-state index in [0.29, 0.717) is 0 Å². The van der Waals surface area contributed by atoms with E-state index in [-0.39, 0.29) is 17.9 Å². The van der Waals surface area contributed by atoms with Crippen molar-refractivity contribution in [2.24, 2.45) is 5.73 Å². The number of amides is 1. The Morgan fingerprint density at radius 3 is 2.65 bits per heavy atom. The number of benzene rings is 1. The Morgan fingerprint density at radius 2 is 2.04 bits per heavy atom. The molecule has 0 atom stereocenters. The maximum absolute atomic E-state index is 12.7. The van der Waals surface area contributed by atoms with E-state index in [0.717, 1.165) is 16.8 Å². The highest BCUT2D eigenvalue weighted by Gasteiger charge is 2.30. The van der Waals surface area contributed by atoms with E-state index in [1.165, 1.54) is 18.3 Å². The van der Waals surface area contributed by atoms with Gasteiger partial charge in [0.1, 0.15) is 0 Å². The van der Waals surface area contributed by atoms with Gasteiger partial charge in [-0.15, -0.1) is 5.10 Å². The summed E-state index contributed by atoms with van der Waals surface area (Å²) in [5.74, 6) is -0.498. The molecule has 0 saturated carbocycles. The normalized spacial score (nSPS) is 12.3. The average Bonchev–Trinajstić information content (AvgIpc) is 2.93. The Morgan fingerprint density at radius 1 is 1.35 bits per heavy atom. The molecule has 3 N–H and O–H groups in total. The number of hydrogen-bond acceptors (Lipinski definition) is 4. The largest absolute Gasteiger partial charge is 0.416 e. The second-order valence-corrected chi connectivity index (χ2v) is 5.77. The predicted octanol–water partition coefficient (Wildman–Crippen LogP) is 1.75. The quantitative estimate of drug-likeness (QED) is 0.896. The number of hydrogen-bond donors (Lipinski definition) is 2. The summed E-state index contributed by atoms with van der Waals surface area (Å²) in [5.41, 5.74) is 4.51. The fraction of sp³-hybridized carbons (Fsp3) is 0.357. The van der Waals surface area contributed by atoms with Crippen LogP contribution < -0.4 is 11.1 Å². The third kappa shape index (κ3) is 4.52. The standard InChI is InChI=1S/C14H16F3N5O/c1-13(2,18)8-19-12(23)11-7-22(21-20-11)10-5-3-4-9(6-10)14(15,16)17/h3-7H,8,18H2,1-2H3,(H,19,23). The van der Waals surface area contributed by atoms with E-state index < -0.39 is 23.2 Å². The lowest BCUT2D eigenvalue weighted by molar-refractivity contribution is -0.137. The van der Waals surface area contributed by atoms with Crippen molar-refractivity contribution in [2.75, 3.05) is 6.54 Å². The Hall–Kier alpha value is -2.42. The minimum absolute atomic E-state index is 0.00772. The number of nitrogens with zero attached hydrogens (tertiary/aromatic N) is 3. The zero-order valence-electron chi connectivity index (χ0n) is 12.6. The van der Waals surface area contributed by atoms with Crippen molar-refractivity contribution in [3.05, 3.63) is 41.7 Å². The van der Waals surface area contributed by atoms with Crippen molar-refractivity contribution in [1.29, 1.82) is 0 Å². The van der Waals surface area contributed by atoms with Gasteiger partial charge in [0.15, 0.2) is 5.69 Å². The van der Waals surface area contributed by atoms with Gasteiger partial charge in [-0.25, -0.2) is 4.68 Å². The van der Waals surface area contributed by atoms with E-state index in [1.54, 1.807) is 13.8 Å². The second-order valence-electron chi connectivity index (χ2n) is 5.77. The third-order valence-corrected chi connectivity index (χ3v) is 2.87. The predicted molar refractivity (Wildman–Crippen MR) is 77.0 cm³/mol. The van der Waals surface area contributed by atoms with Gasteiger partial charge in [-0.3, -0.25) is 4.79 Å². The second kappa shape index (κ2) is 5.99. The van der Waals surface area contributed by atoms with Crippen molar-refractivity contribution in [3.63, 3.8) is 0 Å².